The highest BCUT2D eigenvalue weighted by Gasteiger charge is 2.67. The van der Waals surface area contributed by atoms with Crippen LogP contribution in [0.5, 0.6) is 0 Å². The summed E-state index contributed by atoms with van der Waals surface area (Å²) in [5.41, 5.74) is 4.31. The van der Waals surface area contributed by atoms with Crippen LogP contribution in [0.25, 0.3) is 0 Å². The minimum atomic E-state index is -1.67. The van der Waals surface area contributed by atoms with Crippen molar-refractivity contribution >= 4 is 0 Å². The summed E-state index contributed by atoms with van der Waals surface area (Å²) in [6.45, 7) is 2.51. The fourth-order valence-electron chi connectivity index (χ4n) is 7.70. The van der Waals surface area contributed by atoms with Gasteiger partial charge in [0.2, 0.25) is 0 Å². The largest absolute Gasteiger partial charge is 0.394 e. The maximum atomic E-state index is 11.8. The van der Waals surface area contributed by atoms with Gasteiger partial charge in [-0.25, -0.2) is 0 Å². The van der Waals surface area contributed by atoms with Crippen LogP contribution in [0.15, 0.2) is 0 Å². The van der Waals surface area contributed by atoms with Crippen molar-refractivity contribution in [3.63, 3.8) is 0 Å². The molecule has 45 heavy (non-hydrogen) atoms. The maximum Gasteiger partial charge on any atom is 0.198 e. The van der Waals surface area contributed by atoms with Crippen molar-refractivity contribution in [2.24, 2.45) is 11.7 Å². The zero-order chi connectivity index (χ0) is 32.8. The van der Waals surface area contributed by atoms with Gasteiger partial charge in [0.15, 0.2) is 12.0 Å². The van der Waals surface area contributed by atoms with Crippen molar-refractivity contribution in [2.75, 3.05) is 40.0 Å². The number of aliphatic hydroxyl groups is 8. The van der Waals surface area contributed by atoms with E-state index in [1.54, 1.807) is 13.8 Å². The molecule has 262 valence electrons. The van der Waals surface area contributed by atoms with Crippen LogP contribution in [0.3, 0.4) is 0 Å². The van der Waals surface area contributed by atoms with Crippen LogP contribution >= 0.6 is 0 Å². The Balaban J connectivity index is 1.40. The number of ether oxygens (including phenoxy) is 6. The van der Waals surface area contributed by atoms with Crippen LogP contribution in [0.2, 0.25) is 0 Å². The molecule has 0 aromatic heterocycles. The number of nitrogens with zero attached hydrogens (tertiary/aromatic N) is 1. The first-order chi connectivity index (χ1) is 21.4. The zero-order valence-electron chi connectivity index (χ0n) is 25.8. The molecule has 0 saturated carbocycles. The van der Waals surface area contributed by atoms with Crippen molar-refractivity contribution < 1.29 is 74.1 Å². The molecule has 17 nitrogen and oxygen atoms in total. The Labute approximate surface area is 261 Å². The monoisotopic (exact) mass is 654 g/mol. The molecule has 0 aromatic carbocycles. The Kier molecular flexibility index (Phi) is 11.1. The van der Waals surface area contributed by atoms with Gasteiger partial charge in [-0.05, 0) is 26.3 Å². The van der Waals surface area contributed by atoms with E-state index in [1.807, 2.05) is 0 Å². The lowest BCUT2D eigenvalue weighted by molar-refractivity contribution is -0.321. The molecule has 17 heteroatoms. The lowest BCUT2D eigenvalue weighted by atomic mass is 9.78. The lowest BCUT2D eigenvalue weighted by Crippen LogP contribution is -2.65. The van der Waals surface area contributed by atoms with E-state index in [4.69, 9.17) is 39.0 Å². The van der Waals surface area contributed by atoms with E-state index in [0.717, 1.165) is 0 Å². The highest BCUT2D eigenvalue weighted by Crippen LogP contribution is 2.51. The third kappa shape index (κ3) is 6.08. The van der Waals surface area contributed by atoms with Crippen LogP contribution in [-0.2, 0) is 33.3 Å². The standard InChI is InChI=1S/C28H50N2O15/c1-4-28(44-22-15(11-33)42-26(20(38)23(22)45-28)30(39-3)7-5-6-29)25-19(37)21-12(13(9-31)40-25)8-27(2,43-21)24-18(36)17(35)16(34)14(10-32)41-24/h12-26,31-38H,4-11,29H2,1-3H3. The van der Waals surface area contributed by atoms with Gasteiger partial charge in [0.05, 0.1) is 44.7 Å². The first-order valence-corrected chi connectivity index (χ1v) is 15.7. The Morgan fingerprint density at radius 1 is 0.756 bits per heavy atom. The Hall–Kier alpha value is -0.680. The molecule has 17 atom stereocenters. The number of nitrogens with two attached hydrogens (primary N) is 1. The molecule has 10 N–H and O–H groups in total. The first-order valence-electron chi connectivity index (χ1n) is 15.7. The second kappa shape index (κ2) is 14.0. The van der Waals surface area contributed by atoms with E-state index < -0.39 is 123 Å². The van der Waals surface area contributed by atoms with Gasteiger partial charge in [-0.1, -0.05) is 6.92 Å². The Morgan fingerprint density at radius 2 is 1.40 bits per heavy atom. The fourth-order valence-corrected chi connectivity index (χ4v) is 7.70. The molecule has 5 rings (SSSR count). The summed E-state index contributed by atoms with van der Waals surface area (Å²) >= 11 is 0. The molecule has 5 fully saturated rings. The molecule has 5 aliphatic rings. The summed E-state index contributed by atoms with van der Waals surface area (Å²) < 4.78 is 37.3. The van der Waals surface area contributed by atoms with E-state index in [-0.39, 0.29) is 12.8 Å². The smallest absolute Gasteiger partial charge is 0.198 e. The number of hydrogen-bond donors (Lipinski definition) is 9. The maximum absolute atomic E-state index is 11.8. The Bertz CT molecular complexity index is 984. The van der Waals surface area contributed by atoms with E-state index >= 15 is 0 Å². The quantitative estimate of drug-likeness (QED) is 0.0949. The minimum Gasteiger partial charge on any atom is -0.394 e. The molecule has 0 spiro atoms. The van der Waals surface area contributed by atoms with Gasteiger partial charge in [-0.2, -0.15) is 5.06 Å². The molecule has 0 amide bonds. The van der Waals surface area contributed by atoms with Crippen LogP contribution in [0.4, 0.5) is 0 Å². The number of rotatable bonds is 11. The number of aliphatic hydroxyl groups excluding tert-OH is 8. The van der Waals surface area contributed by atoms with Gasteiger partial charge in [0, 0.05) is 18.9 Å². The molecule has 5 aliphatic heterocycles. The van der Waals surface area contributed by atoms with E-state index in [0.29, 0.717) is 19.5 Å². The predicted octanol–water partition coefficient (Wildman–Crippen LogP) is -4.71. The molecular weight excluding hydrogens is 604 g/mol. The van der Waals surface area contributed by atoms with Crippen molar-refractivity contribution in [1.29, 1.82) is 0 Å². The third-order valence-electron chi connectivity index (χ3n) is 10.1. The van der Waals surface area contributed by atoms with Crippen LogP contribution in [-0.4, -0.2) is 183 Å². The summed E-state index contributed by atoms with van der Waals surface area (Å²) in [4.78, 5) is 5.43. The topological polar surface area (TPSA) is 256 Å². The SMILES string of the molecule is CCC1(C2OC(CO)C3CC(C)(C4OC(CO)C(O)C(O)C4O)OC3C2O)OC2C(CO)OC(N(CCCN)OC)C(O)C2O1. The van der Waals surface area contributed by atoms with Gasteiger partial charge in [0.25, 0.3) is 0 Å². The van der Waals surface area contributed by atoms with Gasteiger partial charge in [0.1, 0.15) is 67.1 Å². The van der Waals surface area contributed by atoms with Crippen molar-refractivity contribution in [2.45, 2.75) is 130 Å². The molecular formula is C28H50N2O15. The Morgan fingerprint density at radius 3 is 2.00 bits per heavy atom. The predicted molar refractivity (Wildman–Crippen MR) is 149 cm³/mol. The molecule has 5 saturated heterocycles. The van der Waals surface area contributed by atoms with Crippen LogP contribution in [0.1, 0.15) is 33.1 Å². The van der Waals surface area contributed by atoms with Crippen LogP contribution < -0.4 is 5.73 Å². The molecule has 5 heterocycles. The van der Waals surface area contributed by atoms with Gasteiger partial charge < -0.3 is 75.0 Å². The van der Waals surface area contributed by atoms with Gasteiger partial charge >= 0.3 is 0 Å². The number of hydrogen-bond acceptors (Lipinski definition) is 17. The molecule has 17 unspecified atom stereocenters. The highest BCUT2D eigenvalue weighted by atomic mass is 16.8. The second-order valence-corrected chi connectivity index (χ2v) is 12.8. The van der Waals surface area contributed by atoms with E-state index in [9.17, 15) is 40.9 Å². The normalized spacial score (nSPS) is 51.8. The summed E-state index contributed by atoms with van der Waals surface area (Å²) in [5, 5.41) is 86.4. The van der Waals surface area contributed by atoms with E-state index in [2.05, 4.69) is 0 Å². The molecule has 0 aliphatic carbocycles. The summed E-state index contributed by atoms with van der Waals surface area (Å²) in [6, 6.07) is 0. The first kappa shape index (κ1) is 35.6. The van der Waals surface area contributed by atoms with Gasteiger partial charge in [-0.3, -0.25) is 4.84 Å². The molecule has 0 bridgehead atoms. The molecule has 0 aromatic rings. The summed E-state index contributed by atoms with van der Waals surface area (Å²) in [5.74, 6) is -2.27. The van der Waals surface area contributed by atoms with Crippen molar-refractivity contribution in [1.82, 2.24) is 5.06 Å². The highest BCUT2D eigenvalue weighted by molar-refractivity contribution is 5.12. The summed E-state index contributed by atoms with van der Waals surface area (Å²) in [6.07, 6.45) is -16.1. The van der Waals surface area contributed by atoms with Crippen molar-refractivity contribution in [3.05, 3.63) is 0 Å². The van der Waals surface area contributed by atoms with Crippen LogP contribution in [0, 0.1) is 5.92 Å². The third-order valence-corrected chi connectivity index (χ3v) is 10.1. The molecule has 0 radical (unpaired) electrons. The fraction of sp³-hybridized carbons (Fsp3) is 1.00. The average Bonchev–Trinajstić information content (AvgIpc) is 3.62. The van der Waals surface area contributed by atoms with Crippen molar-refractivity contribution in [3.8, 4) is 0 Å². The number of fused-ring (bicyclic) bond motifs is 2. The zero-order valence-corrected chi connectivity index (χ0v) is 25.8. The second-order valence-electron chi connectivity index (χ2n) is 12.8. The lowest BCUT2D eigenvalue weighted by Gasteiger charge is -2.47. The van der Waals surface area contributed by atoms with Gasteiger partial charge in [-0.15, -0.1) is 0 Å². The van der Waals surface area contributed by atoms with E-state index in [1.165, 1.54) is 12.2 Å². The average molecular weight is 655 g/mol. The number of hydroxylamine groups is 2. The minimum absolute atomic E-state index is 0.123. The summed E-state index contributed by atoms with van der Waals surface area (Å²) in [7, 11) is 1.42.